The summed E-state index contributed by atoms with van der Waals surface area (Å²) in [6.45, 7) is 6.72. The number of hydrogen-bond acceptors (Lipinski definition) is 3. The molecule has 3 aromatic rings. The lowest BCUT2D eigenvalue weighted by molar-refractivity contribution is -0.147. The van der Waals surface area contributed by atoms with Crippen molar-refractivity contribution >= 4 is 22.9 Å². The van der Waals surface area contributed by atoms with Crippen LogP contribution in [0.4, 0.5) is 4.39 Å². The predicted octanol–water partition coefficient (Wildman–Crippen LogP) is 4.70. The van der Waals surface area contributed by atoms with Crippen LogP contribution in [0, 0.1) is 18.2 Å². The Morgan fingerprint density at radius 1 is 1.24 bits per heavy atom. The molecule has 7 heteroatoms. The molecular weight excluding hydrogens is 421 g/mol. The number of aliphatic carboxylic acids is 1. The molecule has 1 N–H and O–H groups in total. The Kier molecular flexibility index (Phi) is 6.23. The van der Waals surface area contributed by atoms with E-state index in [1.54, 1.807) is 26.1 Å². The highest BCUT2D eigenvalue weighted by Crippen LogP contribution is 2.31. The van der Waals surface area contributed by atoms with Crippen molar-refractivity contribution in [1.82, 2.24) is 14.5 Å². The first-order valence-electron chi connectivity index (χ1n) is 11.4. The fraction of sp³-hybridized carbons (Fsp3) is 0.423. The molecule has 1 amide bonds. The molecule has 0 aliphatic carbocycles. The van der Waals surface area contributed by atoms with Gasteiger partial charge in [0.05, 0.1) is 18.5 Å². The molecule has 1 aliphatic heterocycles. The van der Waals surface area contributed by atoms with Gasteiger partial charge in [-0.1, -0.05) is 17.7 Å². The third-order valence-corrected chi connectivity index (χ3v) is 6.67. The van der Waals surface area contributed by atoms with Crippen molar-refractivity contribution in [2.24, 2.45) is 5.41 Å². The van der Waals surface area contributed by atoms with Crippen LogP contribution in [0.25, 0.3) is 11.0 Å². The van der Waals surface area contributed by atoms with Crippen LogP contribution in [0.3, 0.4) is 0 Å². The summed E-state index contributed by atoms with van der Waals surface area (Å²) >= 11 is 0. The number of amides is 1. The molecule has 3 heterocycles. The number of rotatable bonds is 7. The summed E-state index contributed by atoms with van der Waals surface area (Å²) in [5.74, 6) is -1.08. The number of aromatic nitrogens is 2. The summed E-state index contributed by atoms with van der Waals surface area (Å²) in [5, 5.41) is 10.3. The van der Waals surface area contributed by atoms with Gasteiger partial charge in [-0.2, -0.15) is 0 Å². The minimum atomic E-state index is -0.849. The Morgan fingerprint density at radius 2 is 2.03 bits per heavy atom. The number of hydrogen-bond donors (Lipinski definition) is 1. The number of aryl methyl sites for hydroxylation is 1. The van der Waals surface area contributed by atoms with Crippen molar-refractivity contribution in [2.45, 2.75) is 59.5 Å². The van der Waals surface area contributed by atoms with Gasteiger partial charge in [0.2, 0.25) is 5.91 Å². The molecule has 0 fully saturated rings. The molecule has 6 nitrogen and oxygen atoms in total. The minimum absolute atomic E-state index is 0.0216. The fourth-order valence-corrected chi connectivity index (χ4v) is 4.58. The average Bonchev–Trinajstić information content (AvgIpc) is 3.09. The van der Waals surface area contributed by atoms with Gasteiger partial charge in [0.25, 0.3) is 0 Å². The second kappa shape index (κ2) is 8.96. The number of carboxylic acid groups (broad SMARTS) is 1. The Hall–Kier alpha value is -3.22. The molecule has 0 atom stereocenters. The monoisotopic (exact) mass is 451 g/mol. The van der Waals surface area contributed by atoms with Gasteiger partial charge in [-0.15, -0.1) is 0 Å². The first-order chi connectivity index (χ1) is 15.7. The predicted molar refractivity (Wildman–Crippen MR) is 124 cm³/mol. The van der Waals surface area contributed by atoms with Crippen LogP contribution < -0.4 is 0 Å². The lowest BCUT2D eigenvalue weighted by Gasteiger charge is -2.29. The fourth-order valence-electron chi connectivity index (χ4n) is 4.58. The van der Waals surface area contributed by atoms with Crippen molar-refractivity contribution in [3.8, 4) is 0 Å². The minimum Gasteiger partial charge on any atom is -0.481 e. The number of halogens is 1. The first-order valence-corrected chi connectivity index (χ1v) is 11.4. The van der Waals surface area contributed by atoms with E-state index in [2.05, 4.69) is 4.98 Å². The highest BCUT2D eigenvalue weighted by molar-refractivity contribution is 5.84. The number of carboxylic acids is 1. The number of carbonyl (C=O) groups excluding carboxylic acids is 1. The summed E-state index contributed by atoms with van der Waals surface area (Å²) in [5.41, 5.74) is 3.72. The Balaban J connectivity index is 1.58. The molecule has 1 aromatic carbocycles. The van der Waals surface area contributed by atoms with E-state index < -0.39 is 11.4 Å². The van der Waals surface area contributed by atoms with Crippen molar-refractivity contribution in [3.05, 3.63) is 64.7 Å². The molecule has 0 saturated carbocycles. The molecule has 0 saturated heterocycles. The van der Waals surface area contributed by atoms with E-state index in [0.29, 0.717) is 50.9 Å². The van der Waals surface area contributed by atoms with Gasteiger partial charge in [-0.25, -0.2) is 9.37 Å². The van der Waals surface area contributed by atoms with E-state index in [1.807, 2.05) is 34.6 Å². The van der Waals surface area contributed by atoms with Gasteiger partial charge < -0.3 is 14.6 Å². The number of benzene rings is 1. The molecule has 0 spiro atoms. The van der Waals surface area contributed by atoms with E-state index in [4.69, 9.17) is 0 Å². The number of carbonyl (C=O) groups is 2. The molecule has 0 bridgehead atoms. The molecule has 4 rings (SSSR count). The quantitative estimate of drug-likeness (QED) is 0.565. The van der Waals surface area contributed by atoms with Crippen LogP contribution in [-0.2, 0) is 29.1 Å². The maximum atomic E-state index is 14.6. The van der Waals surface area contributed by atoms with Gasteiger partial charge >= 0.3 is 5.97 Å². The zero-order valence-electron chi connectivity index (χ0n) is 19.4. The summed E-state index contributed by atoms with van der Waals surface area (Å²) in [6, 6.07) is 9.04. The summed E-state index contributed by atoms with van der Waals surface area (Å²) in [7, 11) is 0. The molecule has 174 valence electrons. The largest absolute Gasteiger partial charge is 0.481 e. The van der Waals surface area contributed by atoms with E-state index in [0.717, 1.165) is 22.3 Å². The number of fused-ring (bicyclic) bond motifs is 3. The second-order valence-corrected chi connectivity index (χ2v) is 9.59. The van der Waals surface area contributed by atoms with Crippen LogP contribution in [-0.4, -0.2) is 38.0 Å². The Morgan fingerprint density at radius 3 is 2.79 bits per heavy atom. The summed E-state index contributed by atoms with van der Waals surface area (Å²) in [4.78, 5) is 30.7. The lowest BCUT2D eigenvalue weighted by atomic mass is 9.87. The lowest BCUT2D eigenvalue weighted by Crippen LogP contribution is -2.36. The maximum absolute atomic E-state index is 14.6. The highest BCUT2D eigenvalue weighted by Gasteiger charge is 2.29. The molecule has 1 aliphatic rings. The third-order valence-electron chi connectivity index (χ3n) is 6.67. The van der Waals surface area contributed by atoms with Crippen molar-refractivity contribution in [1.29, 1.82) is 0 Å². The SMILES string of the molecule is Cc1ccc(F)c(Cn2c3c(c4cccnc42)CCN(C(=O)CCCC(C)(C)C(=O)O)C3)c1. The second-order valence-electron chi connectivity index (χ2n) is 9.59. The van der Waals surface area contributed by atoms with Crippen molar-refractivity contribution < 1.29 is 19.1 Å². The number of nitrogens with zero attached hydrogens (tertiary/aromatic N) is 3. The highest BCUT2D eigenvalue weighted by atomic mass is 19.1. The van der Waals surface area contributed by atoms with Crippen LogP contribution in [0.5, 0.6) is 0 Å². The Labute approximate surface area is 193 Å². The summed E-state index contributed by atoms with van der Waals surface area (Å²) < 4.78 is 16.6. The van der Waals surface area contributed by atoms with E-state index in [1.165, 1.54) is 11.6 Å². The van der Waals surface area contributed by atoms with Crippen LogP contribution >= 0.6 is 0 Å². The van der Waals surface area contributed by atoms with E-state index in [9.17, 15) is 19.1 Å². The van der Waals surface area contributed by atoms with Crippen molar-refractivity contribution in [3.63, 3.8) is 0 Å². The molecule has 2 aromatic heterocycles. The Bertz CT molecular complexity index is 1210. The molecule has 0 unspecified atom stereocenters. The third kappa shape index (κ3) is 4.63. The zero-order valence-corrected chi connectivity index (χ0v) is 19.4. The maximum Gasteiger partial charge on any atom is 0.309 e. The topological polar surface area (TPSA) is 75.4 Å². The van der Waals surface area contributed by atoms with Gasteiger partial charge in [0.1, 0.15) is 11.5 Å². The summed E-state index contributed by atoms with van der Waals surface area (Å²) in [6.07, 6.45) is 3.75. The van der Waals surface area contributed by atoms with Crippen molar-refractivity contribution in [2.75, 3.05) is 6.54 Å². The van der Waals surface area contributed by atoms with Crippen LogP contribution in [0.15, 0.2) is 36.5 Å². The molecule has 0 radical (unpaired) electrons. The van der Waals surface area contributed by atoms with E-state index in [-0.39, 0.29) is 11.7 Å². The van der Waals surface area contributed by atoms with E-state index >= 15 is 0 Å². The first kappa shape index (κ1) is 23.0. The smallest absolute Gasteiger partial charge is 0.309 e. The van der Waals surface area contributed by atoms with Gasteiger partial charge in [-0.3, -0.25) is 9.59 Å². The number of pyridine rings is 1. The zero-order chi connectivity index (χ0) is 23.8. The van der Waals surface area contributed by atoms with Gasteiger partial charge in [0, 0.05) is 35.8 Å². The van der Waals surface area contributed by atoms with Crippen LogP contribution in [0.1, 0.15) is 55.5 Å². The van der Waals surface area contributed by atoms with Gasteiger partial charge in [0.15, 0.2) is 0 Å². The normalized spacial score (nSPS) is 13.9. The average molecular weight is 452 g/mol. The van der Waals surface area contributed by atoms with Crippen LogP contribution in [0.2, 0.25) is 0 Å². The molecule has 33 heavy (non-hydrogen) atoms. The standard InChI is InChI=1S/C26H30FN3O3/c1-17-8-9-21(27)18(14-17)15-30-22-16-29(23(31)7-4-11-26(2,3)25(32)33)13-10-19(22)20-6-5-12-28-24(20)30/h5-6,8-9,12,14H,4,7,10-11,13,15-16H2,1-3H3,(H,32,33). The molecular formula is C26H30FN3O3. The van der Waals surface area contributed by atoms with Gasteiger partial charge in [-0.05, 0) is 63.8 Å².